The van der Waals surface area contributed by atoms with Crippen LogP contribution in [0.5, 0.6) is 5.75 Å². The van der Waals surface area contributed by atoms with E-state index in [-0.39, 0.29) is 11.3 Å². The highest BCUT2D eigenvalue weighted by atomic mass is 16.3. The Labute approximate surface area is 243 Å². The fraction of sp³-hybridized carbons (Fsp3) is 0.469. The first-order valence-electron chi connectivity index (χ1n) is 14.2. The van der Waals surface area contributed by atoms with Gasteiger partial charge in [-0.25, -0.2) is 0 Å². The topological polar surface area (TPSA) is 184 Å². The Kier molecular flexibility index (Phi) is 7.35. The van der Waals surface area contributed by atoms with Crippen LogP contribution in [-0.4, -0.2) is 62.6 Å². The van der Waals surface area contributed by atoms with Gasteiger partial charge in [0.25, 0.3) is 0 Å². The molecule has 3 aliphatic rings. The molecule has 42 heavy (non-hydrogen) atoms. The third-order valence-corrected chi connectivity index (χ3v) is 9.67. The van der Waals surface area contributed by atoms with E-state index in [4.69, 9.17) is 5.73 Å². The molecule has 6 N–H and O–H groups in total. The summed E-state index contributed by atoms with van der Waals surface area (Å²) in [7, 11) is 0. The molecule has 0 saturated heterocycles. The minimum Gasteiger partial charge on any atom is -0.507 e. The lowest BCUT2D eigenvalue weighted by atomic mass is 9.50. The van der Waals surface area contributed by atoms with Gasteiger partial charge in [0.2, 0.25) is 5.91 Å². The molecule has 7 atom stereocenters. The number of phenolic OH excluding ortho intramolecular Hbond substituents is 1. The molecule has 10 heteroatoms. The van der Waals surface area contributed by atoms with E-state index in [0.29, 0.717) is 24.1 Å². The van der Waals surface area contributed by atoms with Crippen molar-refractivity contribution in [3.63, 3.8) is 0 Å². The number of para-hydroxylation sites is 1. The lowest BCUT2D eigenvalue weighted by Gasteiger charge is -2.53. The van der Waals surface area contributed by atoms with Crippen molar-refractivity contribution in [3.05, 3.63) is 59.2 Å². The van der Waals surface area contributed by atoms with Crippen molar-refractivity contribution in [2.24, 2.45) is 29.4 Å². The maximum atomic E-state index is 14.0. The number of fused-ring (bicyclic) bond motifs is 3. The molecule has 2 aromatic rings. The van der Waals surface area contributed by atoms with Gasteiger partial charge in [0, 0.05) is 36.1 Å². The van der Waals surface area contributed by atoms with E-state index >= 15 is 0 Å². The molecule has 0 heterocycles. The van der Waals surface area contributed by atoms with Gasteiger partial charge in [-0.1, -0.05) is 51.1 Å². The number of carbonyl (C=O) groups is 5. The van der Waals surface area contributed by atoms with E-state index in [9.17, 15) is 39.3 Å². The fourth-order valence-corrected chi connectivity index (χ4v) is 7.35. The highest BCUT2D eigenvalue weighted by molar-refractivity contribution is 6.31. The standard InChI is InChI=1S/C32H36N2O8/c1-15-17-10-11-18(31(2,3)12-7-13-34-16-8-5-4-6-9-16)25(36)22(17)27(38)24-21(15)26(37)19-14-20(35)23(30(33)41)28(39)32(19,42)29(24)40/h4-6,8-11,15,19,21,23-24,26,34,36-37,42H,7,12-14H2,1-3H3,(H2,33,41)/t15-,19+,21+,23?,24?,26+,32+/m0/s1. The van der Waals surface area contributed by atoms with E-state index in [1.54, 1.807) is 19.1 Å². The molecule has 0 bridgehead atoms. The first-order chi connectivity index (χ1) is 19.7. The maximum Gasteiger partial charge on any atom is 0.235 e. The number of hydrogen-bond donors (Lipinski definition) is 5. The molecular weight excluding hydrogens is 540 g/mol. The summed E-state index contributed by atoms with van der Waals surface area (Å²) >= 11 is 0. The van der Waals surface area contributed by atoms with Crippen molar-refractivity contribution in [2.45, 2.75) is 63.1 Å². The highest BCUT2D eigenvalue weighted by Crippen LogP contribution is 2.54. The highest BCUT2D eigenvalue weighted by Gasteiger charge is 2.69. The number of amides is 1. The molecule has 2 unspecified atom stereocenters. The Morgan fingerprint density at radius 1 is 1.07 bits per heavy atom. The number of carbonyl (C=O) groups excluding carboxylic acids is 5. The van der Waals surface area contributed by atoms with Crippen molar-refractivity contribution >= 4 is 34.7 Å². The van der Waals surface area contributed by atoms with Crippen LogP contribution in [0.15, 0.2) is 42.5 Å². The van der Waals surface area contributed by atoms with Crippen LogP contribution in [0.4, 0.5) is 5.69 Å². The van der Waals surface area contributed by atoms with Gasteiger partial charge in [-0.15, -0.1) is 0 Å². The number of aliphatic hydroxyl groups is 2. The van der Waals surface area contributed by atoms with Crippen molar-refractivity contribution in [3.8, 4) is 5.75 Å². The number of ketones is 4. The van der Waals surface area contributed by atoms with Crippen molar-refractivity contribution < 1.29 is 39.3 Å². The number of primary amides is 1. The molecule has 2 aromatic carbocycles. The summed E-state index contributed by atoms with van der Waals surface area (Å²) in [5.41, 5.74) is 3.60. The van der Waals surface area contributed by atoms with E-state index in [1.807, 2.05) is 44.2 Å². The molecule has 0 spiro atoms. The average molecular weight is 577 g/mol. The summed E-state index contributed by atoms with van der Waals surface area (Å²) in [5, 5.41) is 37.6. The average Bonchev–Trinajstić information content (AvgIpc) is 2.93. The van der Waals surface area contributed by atoms with Gasteiger partial charge < -0.3 is 26.4 Å². The Hall–Kier alpha value is -3.89. The Balaban J connectivity index is 1.47. The van der Waals surface area contributed by atoms with Crippen LogP contribution >= 0.6 is 0 Å². The number of anilines is 1. The van der Waals surface area contributed by atoms with Gasteiger partial charge >= 0.3 is 0 Å². The predicted molar refractivity (Wildman–Crippen MR) is 152 cm³/mol. The third-order valence-electron chi connectivity index (χ3n) is 9.67. The van der Waals surface area contributed by atoms with Gasteiger partial charge in [-0.05, 0) is 41.9 Å². The zero-order valence-corrected chi connectivity index (χ0v) is 23.8. The third kappa shape index (κ3) is 4.35. The molecule has 0 aromatic heterocycles. The molecule has 2 fully saturated rings. The number of nitrogens with one attached hydrogen (secondary N) is 1. The van der Waals surface area contributed by atoms with Gasteiger partial charge in [-0.2, -0.15) is 0 Å². The molecule has 222 valence electrons. The summed E-state index contributed by atoms with van der Waals surface area (Å²) < 4.78 is 0. The maximum absolute atomic E-state index is 14.0. The number of Topliss-reactive ketones (excluding diaryl/α,β-unsaturated/α-hetero) is 4. The largest absolute Gasteiger partial charge is 0.507 e. The van der Waals surface area contributed by atoms with Crippen LogP contribution in [0.25, 0.3) is 0 Å². The quantitative estimate of drug-likeness (QED) is 0.243. The van der Waals surface area contributed by atoms with Gasteiger partial charge in [0.05, 0.1) is 17.6 Å². The number of nitrogens with two attached hydrogens (primary N) is 1. The Bertz CT molecular complexity index is 1480. The van der Waals surface area contributed by atoms with Crippen molar-refractivity contribution in [1.29, 1.82) is 0 Å². The summed E-state index contributed by atoms with van der Waals surface area (Å²) in [5.74, 6) is -12.8. The zero-order valence-electron chi connectivity index (χ0n) is 23.8. The molecule has 3 aliphatic carbocycles. The molecule has 10 nitrogen and oxygen atoms in total. The van der Waals surface area contributed by atoms with Crippen LogP contribution < -0.4 is 11.1 Å². The number of benzene rings is 2. The van der Waals surface area contributed by atoms with Crippen LogP contribution in [-0.2, 0) is 24.6 Å². The fourth-order valence-electron chi connectivity index (χ4n) is 7.35. The summed E-state index contributed by atoms with van der Waals surface area (Å²) in [4.78, 5) is 65.5. The number of aromatic hydroxyl groups is 1. The lowest BCUT2D eigenvalue weighted by Crippen LogP contribution is -2.72. The van der Waals surface area contributed by atoms with Gasteiger partial charge in [-0.3, -0.25) is 24.0 Å². The number of hydrogen-bond acceptors (Lipinski definition) is 9. The Morgan fingerprint density at radius 3 is 2.38 bits per heavy atom. The number of aliphatic hydroxyl groups excluding tert-OH is 1. The molecular formula is C32H36N2O8. The van der Waals surface area contributed by atoms with Gasteiger partial charge in [0.1, 0.15) is 5.75 Å². The van der Waals surface area contributed by atoms with Crippen LogP contribution in [0.2, 0.25) is 0 Å². The lowest BCUT2D eigenvalue weighted by molar-refractivity contribution is -0.189. The first kappa shape index (κ1) is 29.6. The molecule has 5 rings (SSSR count). The first-order valence-corrected chi connectivity index (χ1v) is 14.2. The Morgan fingerprint density at radius 2 is 1.74 bits per heavy atom. The number of rotatable bonds is 7. The molecule has 0 radical (unpaired) electrons. The minimum absolute atomic E-state index is 0.0786. The van der Waals surface area contributed by atoms with E-state index < -0.39 is 82.2 Å². The van der Waals surface area contributed by atoms with Crippen LogP contribution in [0.1, 0.15) is 67.4 Å². The van der Waals surface area contributed by atoms with Gasteiger partial charge in [0.15, 0.2) is 34.7 Å². The molecule has 2 saturated carbocycles. The van der Waals surface area contributed by atoms with E-state index in [0.717, 1.165) is 12.1 Å². The smallest absolute Gasteiger partial charge is 0.235 e. The summed E-state index contributed by atoms with van der Waals surface area (Å²) in [6, 6.07) is 13.2. The minimum atomic E-state index is -2.93. The van der Waals surface area contributed by atoms with Crippen LogP contribution in [0, 0.1) is 23.7 Å². The normalized spacial score (nSPS) is 30.8. The summed E-state index contributed by atoms with van der Waals surface area (Å²) in [6.07, 6.45) is -0.779. The van der Waals surface area contributed by atoms with Crippen LogP contribution in [0.3, 0.4) is 0 Å². The monoisotopic (exact) mass is 576 g/mol. The van der Waals surface area contributed by atoms with Crippen molar-refractivity contribution in [2.75, 3.05) is 11.9 Å². The van der Waals surface area contributed by atoms with E-state index in [2.05, 4.69) is 5.32 Å². The molecule has 0 aliphatic heterocycles. The second-order valence-electron chi connectivity index (χ2n) is 12.5. The molecule has 1 amide bonds. The SMILES string of the molecule is C[C@H]1c2ccc(C(C)(C)CCCNc3ccccc3)c(O)c2C(=O)C2C(=O)[C@]3(O)C(=O)C(C(N)=O)C(=O)C[C@@H]3[C@@H](O)[C@@H]21. The summed E-state index contributed by atoms with van der Waals surface area (Å²) in [6.45, 7) is 6.28. The van der Waals surface area contributed by atoms with E-state index in [1.165, 1.54) is 0 Å². The number of phenols is 1. The van der Waals surface area contributed by atoms with Crippen molar-refractivity contribution in [1.82, 2.24) is 0 Å². The second-order valence-corrected chi connectivity index (χ2v) is 12.5. The zero-order chi connectivity index (χ0) is 30.7. The predicted octanol–water partition coefficient (Wildman–Crippen LogP) is 2.03. The second kappa shape index (κ2) is 10.4.